The average Bonchev–Trinajstić information content (AvgIpc) is 3.97. The maximum atomic E-state index is 5.40. The molecular formula is C60H37N7S. The third kappa shape index (κ3) is 6.90. The molecule has 0 spiro atoms. The molecular weight excluding hydrogens is 851 g/mol. The summed E-state index contributed by atoms with van der Waals surface area (Å²) in [7, 11) is 0. The van der Waals surface area contributed by atoms with Gasteiger partial charge in [0.1, 0.15) is 0 Å². The Balaban J connectivity index is 1.08. The van der Waals surface area contributed by atoms with Crippen LogP contribution in [0.1, 0.15) is 0 Å². The molecule has 0 aliphatic carbocycles. The molecule has 13 aromatic rings. The Morgan fingerprint density at radius 1 is 0.279 bits per heavy atom. The Morgan fingerprint density at radius 3 is 1.35 bits per heavy atom. The SMILES string of the molecule is c1ccc(-c2cccc(-c3nc(-c4ccccc4)nc(-c4cc(-c5nc(-c6ccccc6)nc(-c6cccc7sc8ccccc8c67)n5)ccc4-n4c5ccccc5c5ccccc54)n3)c2)cc1. The van der Waals surface area contributed by atoms with Gasteiger partial charge in [-0.3, -0.25) is 0 Å². The second-order valence-corrected chi connectivity index (χ2v) is 17.8. The van der Waals surface area contributed by atoms with Crippen molar-refractivity contribution in [2.24, 2.45) is 0 Å². The molecule has 7 nitrogen and oxygen atoms in total. The van der Waals surface area contributed by atoms with Crippen LogP contribution in [-0.4, -0.2) is 34.5 Å². The summed E-state index contributed by atoms with van der Waals surface area (Å²) in [5, 5.41) is 4.62. The number of hydrogen-bond acceptors (Lipinski definition) is 7. The molecule has 4 aromatic heterocycles. The molecule has 13 rings (SSSR count). The number of hydrogen-bond donors (Lipinski definition) is 0. The molecule has 0 saturated heterocycles. The molecule has 68 heavy (non-hydrogen) atoms. The number of para-hydroxylation sites is 2. The van der Waals surface area contributed by atoms with Crippen molar-refractivity contribution in [3.63, 3.8) is 0 Å². The lowest BCUT2D eigenvalue weighted by Crippen LogP contribution is -2.05. The lowest BCUT2D eigenvalue weighted by atomic mass is 10.0. The van der Waals surface area contributed by atoms with Crippen molar-refractivity contribution >= 4 is 53.3 Å². The largest absolute Gasteiger partial charge is 0.309 e. The van der Waals surface area contributed by atoms with Crippen LogP contribution in [0.3, 0.4) is 0 Å². The van der Waals surface area contributed by atoms with E-state index in [0.717, 1.165) is 77.4 Å². The molecule has 4 heterocycles. The molecule has 0 bridgehead atoms. The van der Waals surface area contributed by atoms with E-state index in [2.05, 4.69) is 162 Å². The fraction of sp³-hybridized carbons (Fsp3) is 0. The number of benzene rings is 9. The standard InChI is InChI=1S/C60H37N7S/c1-4-18-38(19-5-1)41-24-16-25-42(36-41)57-61-56(40-22-8-3-9-23-40)64-60(66-57)48-37-43(34-35-51(48)67-49-30-13-10-26-44(49)45-27-11-14-31-50(45)67)58-62-55(39-20-6-2-7-21-39)63-59(65-58)47-29-17-33-53-54(47)46-28-12-15-32-52(46)68-53/h1-37H. The second kappa shape index (κ2) is 16.5. The molecule has 8 heteroatoms. The van der Waals surface area contributed by atoms with Crippen LogP contribution in [0.2, 0.25) is 0 Å². The summed E-state index contributed by atoms with van der Waals surface area (Å²) in [6.45, 7) is 0. The third-order valence-electron chi connectivity index (χ3n) is 12.5. The number of thiophene rings is 1. The molecule has 0 radical (unpaired) electrons. The summed E-state index contributed by atoms with van der Waals surface area (Å²) in [6.07, 6.45) is 0. The van der Waals surface area contributed by atoms with Crippen molar-refractivity contribution in [1.29, 1.82) is 0 Å². The Labute approximate surface area is 395 Å². The fourth-order valence-electron chi connectivity index (χ4n) is 9.34. The molecule has 0 N–H and O–H groups in total. The van der Waals surface area contributed by atoms with Gasteiger partial charge >= 0.3 is 0 Å². The monoisotopic (exact) mass is 887 g/mol. The molecule has 0 aliphatic heterocycles. The zero-order valence-electron chi connectivity index (χ0n) is 36.4. The first-order valence-electron chi connectivity index (χ1n) is 22.5. The first kappa shape index (κ1) is 39.4. The van der Waals surface area contributed by atoms with Crippen molar-refractivity contribution in [1.82, 2.24) is 34.5 Å². The third-order valence-corrected chi connectivity index (χ3v) is 13.7. The number of fused-ring (bicyclic) bond motifs is 6. The fourth-order valence-corrected chi connectivity index (χ4v) is 10.5. The van der Waals surface area contributed by atoms with Crippen LogP contribution in [0.15, 0.2) is 224 Å². The number of rotatable bonds is 8. The summed E-state index contributed by atoms with van der Waals surface area (Å²) in [5.41, 5.74) is 10.4. The average molecular weight is 888 g/mol. The van der Waals surface area contributed by atoms with Crippen LogP contribution < -0.4 is 0 Å². The zero-order valence-corrected chi connectivity index (χ0v) is 37.2. The van der Waals surface area contributed by atoms with Gasteiger partial charge in [-0.2, -0.15) is 0 Å². The van der Waals surface area contributed by atoms with Gasteiger partial charge in [0.05, 0.1) is 16.7 Å². The lowest BCUT2D eigenvalue weighted by Gasteiger charge is -2.16. The second-order valence-electron chi connectivity index (χ2n) is 16.7. The summed E-state index contributed by atoms with van der Waals surface area (Å²) >= 11 is 1.78. The Morgan fingerprint density at radius 2 is 0.721 bits per heavy atom. The normalized spacial score (nSPS) is 11.5. The maximum absolute atomic E-state index is 5.40. The molecule has 0 unspecified atom stereocenters. The van der Waals surface area contributed by atoms with Crippen molar-refractivity contribution in [2.75, 3.05) is 0 Å². The summed E-state index contributed by atoms with van der Waals surface area (Å²) in [5.74, 6) is 3.37. The molecule has 0 atom stereocenters. The first-order chi connectivity index (χ1) is 33.7. The quantitative estimate of drug-likeness (QED) is 0.151. The lowest BCUT2D eigenvalue weighted by molar-refractivity contribution is 1.06. The van der Waals surface area contributed by atoms with E-state index in [1.165, 1.54) is 14.8 Å². The van der Waals surface area contributed by atoms with Gasteiger partial charge in [-0.15, -0.1) is 11.3 Å². The van der Waals surface area contributed by atoms with Crippen LogP contribution >= 0.6 is 11.3 Å². The van der Waals surface area contributed by atoms with Crippen LogP contribution in [0.25, 0.3) is 127 Å². The molecule has 0 saturated carbocycles. The van der Waals surface area contributed by atoms with Gasteiger partial charge < -0.3 is 4.57 Å². The van der Waals surface area contributed by atoms with E-state index < -0.39 is 0 Å². The van der Waals surface area contributed by atoms with E-state index in [-0.39, 0.29) is 0 Å². The van der Waals surface area contributed by atoms with Gasteiger partial charge in [0.25, 0.3) is 0 Å². The summed E-state index contributed by atoms with van der Waals surface area (Å²) in [6, 6.07) is 77.5. The van der Waals surface area contributed by atoms with E-state index in [1.807, 2.05) is 66.7 Å². The number of nitrogens with zero attached hydrogens (tertiary/aromatic N) is 7. The predicted molar refractivity (Wildman–Crippen MR) is 278 cm³/mol. The molecule has 0 amide bonds. The Kier molecular flexibility index (Phi) is 9.54. The smallest absolute Gasteiger partial charge is 0.166 e. The molecule has 0 aliphatic rings. The van der Waals surface area contributed by atoms with E-state index >= 15 is 0 Å². The Bertz CT molecular complexity index is 3980. The van der Waals surface area contributed by atoms with Crippen LogP contribution in [0, 0.1) is 0 Å². The highest BCUT2D eigenvalue weighted by Gasteiger charge is 2.23. The van der Waals surface area contributed by atoms with Crippen molar-refractivity contribution < 1.29 is 0 Å². The van der Waals surface area contributed by atoms with Gasteiger partial charge in [-0.05, 0) is 59.7 Å². The van der Waals surface area contributed by atoms with E-state index in [4.69, 9.17) is 29.9 Å². The van der Waals surface area contributed by atoms with E-state index in [1.54, 1.807) is 11.3 Å². The minimum absolute atomic E-state index is 0.518. The van der Waals surface area contributed by atoms with Crippen molar-refractivity contribution in [2.45, 2.75) is 0 Å². The van der Waals surface area contributed by atoms with Crippen LogP contribution in [0.4, 0.5) is 0 Å². The topological polar surface area (TPSA) is 82.3 Å². The maximum Gasteiger partial charge on any atom is 0.166 e. The van der Waals surface area contributed by atoms with Crippen molar-refractivity contribution in [3.05, 3.63) is 224 Å². The minimum atomic E-state index is 0.518. The summed E-state index contributed by atoms with van der Waals surface area (Å²) in [4.78, 5) is 31.7. The molecule has 318 valence electrons. The predicted octanol–water partition coefficient (Wildman–Crippen LogP) is 15.2. The summed E-state index contributed by atoms with van der Waals surface area (Å²) < 4.78 is 4.72. The van der Waals surface area contributed by atoms with Gasteiger partial charge in [-0.1, -0.05) is 176 Å². The molecule has 9 aromatic carbocycles. The first-order valence-corrected chi connectivity index (χ1v) is 23.3. The van der Waals surface area contributed by atoms with Gasteiger partial charge in [-0.25, -0.2) is 29.9 Å². The van der Waals surface area contributed by atoms with Crippen LogP contribution in [0.5, 0.6) is 0 Å². The number of aromatic nitrogens is 7. The highest BCUT2D eigenvalue weighted by Crippen LogP contribution is 2.41. The zero-order chi connectivity index (χ0) is 45.0. The Hall–Kier alpha value is -8.98. The van der Waals surface area contributed by atoms with Crippen molar-refractivity contribution in [3.8, 4) is 85.1 Å². The van der Waals surface area contributed by atoms with Gasteiger partial charge in [0, 0.05) is 64.3 Å². The van der Waals surface area contributed by atoms with Crippen LogP contribution in [-0.2, 0) is 0 Å². The van der Waals surface area contributed by atoms with E-state index in [9.17, 15) is 0 Å². The van der Waals surface area contributed by atoms with Gasteiger partial charge in [0.2, 0.25) is 0 Å². The highest BCUT2D eigenvalue weighted by atomic mass is 32.1. The molecule has 0 fully saturated rings. The minimum Gasteiger partial charge on any atom is -0.309 e. The van der Waals surface area contributed by atoms with E-state index in [0.29, 0.717) is 34.9 Å². The van der Waals surface area contributed by atoms with Gasteiger partial charge in [0.15, 0.2) is 34.9 Å². The highest BCUT2D eigenvalue weighted by molar-refractivity contribution is 7.25.